The highest BCUT2D eigenvalue weighted by Gasteiger charge is 2.18. The minimum atomic E-state index is 0.279. The Hall–Kier alpha value is -5.67. The summed E-state index contributed by atoms with van der Waals surface area (Å²) in [7, 11) is 0. The van der Waals surface area contributed by atoms with Crippen molar-refractivity contribution in [3.8, 4) is 44.7 Å². The fraction of sp³-hybridized carbons (Fsp3) is 0.108. The molecule has 0 N–H and O–H groups in total. The van der Waals surface area contributed by atoms with Crippen LogP contribution in [0.5, 0.6) is 11.5 Å². The standard InChI is InChI=1S/C37H30N4O4S/c1-23-11-24(2)14-28(13-23)41(29-15-25(3)12-26(4)16-29)37-6-5-36(46-37)27-7-9-38-32(17-27)34-19-31(45-22-43)20-35(40-34)33-18-30(44-21-42)8-10-39-33/h5-22H,1-4H3. The Morgan fingerprint density at radius 1 is 0.587 bits per heavy atom. The lowest BCUT2D eigenvalue weighted by Crippen LogP contribution is -2.09. The highest BCUT2D eigenvalue weighted by atomic mass is 32.1. The minimum absolute atomic E-state index is 0.279. The van der Waals surface area contributed by atoms with Crippen molar-refractivity contribution in [1.29, 1.82) is 0 Å². The number of hydrogen-bond donors (Lipinski definition) is 0. The van der Waals surface area contributed by atoms with Gasteiger partial charge >= 0.3 is 0 Å². The van der Waals surface area contributed by atoms with Crippen LogP contribution in [0.3, 0.4) is 0 Å². The van der Waals surface area contributed by atoms with Gasteiger partial charge in [-0.15, -0.1) is 11.3 Å². The number of pyridine rings is 3. The molecule has 0 saturated carbocycles. The molecule has 4 heterocycles. The predicted molar refractivity (Wildman–Crippen MR) is 181 cm³/mol. The number of benzene rings is 2. The summed E-state index contributed by atoms with van der Waals surface area (Å²) in [5, 5.41) is 1.08. The van der Waals surface area contributed by atoms with Crippen molar-refractivity contribution in [1.82, 2.24) is 15.0 Å². The Kier molecular flexibility index (Phi) is 8.67. The van der Waals surface area contributed by atoms with E-state index < -0.39 is 0 Å². The van der Waals surface area contributed by atoms with E-state index in [9.17, 15) is 9.59 Å². The minimum Gasteiger partial charge on any atom is -0.429 e. The number of hydrogen-bond acceptors (Lipinski definition) is 9. The molecule has 0 aliphatic rings. The van der Waals surface area contributed by atoms with Gasteiger partial charge in [0.1, 0.15) is 16.5 Å². The highest BCUT2D eigenvalue weighted by molar-refractivity contribution is 7.19. The molecule has 6 rings (SSSR count). The predicted octanol–water partition coefficient (Wildman–Crippen LogP) is 8.71. The Morgan fingerprint density at radius 2 is 1.11 bits per heavy atom. The molecule has 0 bridgehead atoms. The van der Waals surface area contributed by atoms with Crippen LogP contribution in [0.25, 0.3) is 33.2 Å². The van der Waals surface area contributed by atoms with Gasteiger partial charge in [0.15, 0.2) is 0 Å². The first-order valence-corrected chi connectivity index (χ1v) is 15.3. The number of carbonyl (C=O) groups excluding carboxylic acids is 2. The van der Waals surface area contributed by atoms with E-state index >= 15 is 0 Å². The SMILES string of the molecule is Cc1cc(C)cc(N(c2cc(C)cc(C)c2)c2ccc(-c3ccnc(-c4cc(OC=O)cc(-c5cc(OC=O)ccn5)n4)c3)s2)c1. The lowest BCUT2D eigenvalue weighted by atomic mass is 10.1. The van der Waals surface area contributed by atoms with Crippen LogP contribution in [0.15, 0.2) is 97.3 Å². The monoisotopic (exact) mass is 626 g/mol. The summed E-state index contributed by atoms with van der Waals surface area (Å²) >= 11 is 1.68. The average molecular weight is 627 g/mol. The summed E-state index contributed by atoms with van der Waals surface area (Å²) in [6.45, 7) is 9.18. The Labute approximate surface area is 271 Å². The Balaban J connectivity index is 1.40. The smallest absolute Gasteiger partial charge is 0.298 e. The van der Waals surface area contributed by atoms with Gasteiger partial charge in [0.2, 0.25) is 0 Å². The molecule has 228 valence electrons. The molecule has 0 unspecified atom stereocenters. The summed E-state index contributed by atoms with van der Waals surface area (Å²) in [5.74, 6) is 0.594. The first kappa shape index (κ1) is 30.4. The fourth-order valence-electron chi connectivity index (χ4n) is 5.46. The number of nitrogens with zero attached hydrogens (tertiary/aromatic N) is 4. The van der Waals surface area contributed by atoms with E-state index in [0.29, 0.717) is 41.5 Å². The quantitative estimate of drug-likeness (QED) is 0.139. The van der Waals surface area contributed by atoms with E-state index in [-0.39, 0.29) is 5.75 Å². The largest absolute Gasteiger partial charge is 0.429 e. The first-order chi connectivity index (χ1) is 22.3. The zero-order chi connectivity index (χ0) is 32.2. The van der Waals surface area contributed by atoms with E-state index in [1.807, 2.05) is 12.1 Å². The summed E-state index contributed by atoms with van der Waals surface area (Å²) in [6, 6.07) is 27.8. The Bertz CT molecular complexity index is 1980. The number of carbonyl (C=O) groups is 2. The van der Waals surface area contributed by atoms with Gasteiger partial charge in [0, 0.05) is 46.8 Å². The van der Waals surface area contributed by atoms with Gasteiger partial charge in [-0.25, -0.2) is 4.98 Å². The first-order valence-electron chi connectivity index (χ1n) is 14.5. The Morgan fingerprint density at radius 3 is 1.70 bits per heavy atom. The van der Waals surface area contributed by atoms with Crippen molar-refractivity contribution in [3.63, 3.8) is 0 Å². The van der Waals surface area contributed by atoms with Crippen LogP contribution in [0.2, 0.25) is 0 Å². The second kappa shape index (κ2) is 13.1. The molecular formula is C37H30N4O4S. The third kappa shape index (κ3) is 6.69. The number of rotatable bonds is 10. The summed E-state index contributed by atoms with van der Waals surface area (Å²) in [6.07, 6.45) is 3.25. The molecule has 0 spiro atoms. The van der Waals surface area contributed by atoms with Crippen molar-refractivity contribution in [2.24, 2.45) is 0 Å². The van der Waals surface area contributed by atoms with Crippen molar-refractivity contribution in [3.05, 3.63) is 120 Å². The van der Waals surface area contributed by atoms with E-state index in [0.717, 1.165) is 26.8 Å². The summed E-state index contributed by atoms with van der Waals surface area (Å²) in [5.41, 5.74) is 9.91. The summed E-state index contributed by atoms with van der Waals surface area (Å²) in [4.78, 5) is 39.2. The normalized spacial score (nSPS) is 10.8. The number of anilines is 3. The van der Waals surface area contributed by atoms with Crippen LogP contribution >= 0.6 is 11.3 Å². The van der Waals surface area contributed by atoms with E-state index in [4.69, 9.17) is 14.5 Å². The number of ether oxygens (including phenoxy) is 2. The maximum atomic E-state index is 11.2. The van der Waals surface area contributed by atoms with Crippen molar-refractivity contribution in [2.45, 2.75) is 27.7 Å². The van der Waals surface area contributed by atoms with Crippen LogP contribution in [0.1, 0.15) is 22.3 Å². The van der Waals surface area contributed by atoms with Gasteiger partial charge in [0.25, 0.3) is 12.9 Å². The van der Waals surface area contributed by atoms with Gasteiger partial charge in [-0.3, -0.25) is 19.6 Å². The maximum absolute atomic E-state index is 11.2. The molecule has 0 aliphatic carbocycles. The van der Waals surface area contributed by atoms with Gasteiger partial charge in [-0.1, -0.05) is 12.1 Å². The molecule has 6 aromatic rings. The molecule has 0 radical (unpaired) electrons. The zero-order valence-electron chi connectivity index (χ0n) is 25.7. The zero-order valence-corrected chi connectivity index (χ0v) is 26.5. The highest BCUT2D eigenvalue weighted by Crippen LogP contribution is 2.43. The molecule has 0 aliphatic heterocycles. The fourth-order valence-corrected chi connectivity index (χ4v) is 6.51. The van der Waals surface area contributed by atoms with Gasteiger partial charge in [-0.2, -0.15) is 0 Å². The average Bonchev–Trinajstić information content (AvgIpc) is 3.50. The molecule has 2 aromatic carbocycles. The molecule has 0 saturated heterocycles. The van der Waals surface area contributed by atoms with Crippen molar-refractivity contribution in [2.75, 3.05) is 4.90 Å². The number of thiophene rings is 1. The molecule has 9 heteroatoms. The molecule has 4 aromatic heterocycles. The van der Waals surface area contributed by atoms with Crippen LogP contribution in [-0.4, -0.2) is 27.9 Å². The van der Waals surface area contributed by atoms with Crippen LogP contribution in [0, 0.1) is 27.7 Å². The molecule has 0 atom stereocenters. The molecule has 0 fully saturated rings. The van der Waals surface area contributed by atoms with E-state index in [2.05, 4.69) is 91.1 Å². The lowest BCUT2D eigenvalue weighted by Gasteiger charge is -2.25. The second-order valence-electron chi connectivity index (χ2n) is 11.0. The second-order valence-corrected chi connectivity index (χ2v) is 12.0. The maximum Gasteiger partial charge on any atom is 0.298 e. The topological polar surface area (TPSA) is 94.5 Å². The van der Waals surface area contributed by atoms with Crippen molar-refractivity contribution < 1.29 is 19.1 Å². The van der Waals surface area contributed by atoms with Crippen molar-refractivity contribution >= 4 is 40.7 Å². The molecular weight excluding hydrogens is 596 g/mol. The molecule has 46 heavy (non-hydrogen) atoms. The number of aromatic nitrogens is 3. The number of aryl methyl sites for hydroxylation is 4. The van der Waals surface area contributed by atoms with E-state index in [1.54, 1.807) is 41.8 Å². The third-order valence-electron chi connectivity index (χ3n) is 7.21. The van der Waals surface area contributed by atoms with Gasteiger partial charge < -0.3 is 14.4 Å². The molecule has 8 nitrogen and oxygen atoms in total. The van der Waals surface area contributed by atoms with Gasteiger partial charge in [0.05, 0.1) is 22.8 Å². The van der Waals surface area contributed by atoms with Crippen LogP contribution in [-0.2, 0) is 9.59 Å². The third-order valence-corrected chi connectivity index (χ3v) is 8.33. The van der Waals surface area contributed by atoms with Gasteiger partial charge in [-0.05, 0) is 110 Å². The summed E-state index contributed by atoms with van der Waals surface area (Å²) < 4.78 is 10.2. The molecule has 0 amide bonds. The van der Waals surface area contributed by atoms with E-state index in [1.165, 1.54) is 28.5 Å². The lowest BCUT2D eigenvalue weighted by molar-refractivity contribution is -0.121. The van der Waals surface area contributed by atoms with Crippen LogP contribution < -0.4 is 14.4 Å². The van der Waals surface area contributed by atoms with Crippen LogP contribution in [0.4, 0.5) is 16.4 Å².